The van der Waals surface area contributed by atoms with Gasteiger partial charge in [-0.1, -0.05) is 12.7 Å². The molecule has 1 aromatic heterocycles. The van der Waals surface area contributed by atoms with Crippen LogP contribution in [0.1, 0.15) is 0 Å². The zero-order valence-corrected chi connectivity index (χ0v) is 9.19. The minimum atomic E-state index is 0.290. The number of hydrogen-bond donors (Lipinski definition) is 1. The van der Waals surface area contributed by atoms with Crippen LogP contribution in [0.3, 0.4) is 0 Å². The van der Waals surface area contributed by atoms with Crippen molar-refractivity contribution in [3.63, 3.8) is 0 Å². The van der Waals surface area contributed by atoms with Gasteiger partial charge in [-0.05, 0) is 0 Å². The van der Waals surface area contributed by atoms with Crippen molar-refractivity contribution in [2.75, 3.05) is 38.0 Å². The van der Waals surface area contributed by atoms with E-state index in [2.05, 4.69) is 26.8 Å². The molecule has 0 amide bonds. The first-order chi connectivity index (χ1) is 7.17. The largest absolute Gasteiger partial charge is 0.459 e. The fourth-order valence-corrected chi connectivity index (χ4v) is 0.856. The Labute approximate surface area is 89.0 Å². The normalized spacial score (nSPS) is 9.53. The highest BCUT2D eigenvalue weighted by atomic mass is 16.5. The topological polar surface area (TPSA) is 63.2 Å². The monoisotopic (exact) mass is 209 g/mol. The van der Waals surface area contributed by atoms with Crippen molar-refractivity contribution in [3.05, 3.63) is 12.7 Å². The van der Waals surface area contributed by atoms with E-state index in [1.165, 1.54) is 0 Å². The van der Waals surface area contributed by atoms with Gasteiger partial charge in [0.1, 0.15) is 6.61 Å². The molecule has 0 aliphatic carbocycles. The number of anilines is 2. The molecule has 82 valence electrons. The highest BCUT2D eigenvalue weighted by Gasteiger charge is 2.07. The minimum Gasteiger partial charge on any atom is -0.459 e. The van der Waals surface area contributed by atoms with E-state index >= 15 is 0 Å². The molecule has 0 atom stereocenters. The summed E-state index contributed by atoms with van der Waals surface area (Å²) in [5.74, 6) is 1.03. The molecule has 6 heteroatoms. The molecule has 6 nitrogen and oxygen atoms in total. The van der Waals surface area contributed by atoms with Crippen LogP contribution >= 0.6 is 0 Å². The number of ether oxygens (including phenoxy) is 1. The molecule has 0 fully saturated rings. The third kappa shape index (κ3) is 3.08. The third-order valence-corrected chi connectivity index (χ3v) is 1.56. The average molecular weight is 209 g/mol. The van der Waals surface area contributed by atoms with Crippen molar-refractivity contribution >= 4 is 11.9 Å². The summed E-state index contributed by atoms with van der Waals surface area (Å²) in [6, 6.07) is 0.290. The molecular weight excluding hydrogens is 194 g/mol. The summed E-state index contributed by atoms with van der Waals surface area (Å²) in [5, 5.41) is 2.84. The van der Waals surface area contributed by atoms with Gasteiger partial charge in [-0.2, -0.15) is 15.0 Å². The summed E-state index contributed by atoms with van der Waals surface area (Å²) >= 11 is 0. The molecule has 0 spiro atoms. The summed E-state index contributed by atoms with van der Waals surface area (Å²) < 4.78 is 5.24. The molecule has 1 aromatic rings. The van der Waals surface area contributed by atoms with Crippen molar-refractivity contribution < 1.29 is 4.74 Å². The first-order valence-corrected chi connectivity index (χ1v) is 4.52. The lowest BCUT2D eigenvalue weighted by molar-refractivity contribution is 0.333. The Hall–Kier alpha value is -1.85. The van der Waals surface area contributed by atoms with Crippen molar-refractivity contribution in [2.24, 2.45) is 0 Å². The number of nitrogens with one attached hydrogen (secondary N) is 1. The molecule has 0 aliphatic rings. The summed E-state index contributed by atoms with van der Waals surface area (Å²) in [5.41, 5.74) is 0. The van der Waals surface area contributed by atoms with E-state index in [1.807, 2.05) is 14.1 Å². The third-order valence-electron chi connectivity index (χ3n) is 1.56. The fraction of sp³-hybridized carbons (Fsp3) is 0.444. The maximum absolute atomic E-state index is 5.24. The summed E-state index contributed by atoms with van der Waals surface area (Å²) in [6.07, 6.45) is 1.64. The van der Waals surface area contributed by atoms with Crippen molar-refractivity contribution in [2.45, 2.75) is 0 Å². The average Bonchev–Trinajstić information content (AvgIpc) is 2.25. The first-order valence-electron chi connectivity index (χ1n) is 4.52. The number of nitrogens with zero attached hydrogens (tertiary/aromatic N) is 4. The Balaban J connectivity index is 2.94. The van der Waals surface area contributed by atoms with E-state index in [0.717, 1.165) is 0 Å². The lowest BCUT2D eigenvalue weighted by atomic mass is 10.7. The van der Waals surface area contributed by atoms with Gasteiger partial charge in [0.2, 0.25) is 11.9 Å². The Kier molecular flexibility index (Phi) is 3.84. The first kappa shape index (κ1) is 11.2. The van der Waals surface area contributed by atoms with E-state index < -0.39 is 0 Å². The van der Waals surface area contributed by atoms with Crippen LogP contribution in [0.2, 0.25) is 0 Å². The van der Waals surface area contributed by atoms with Gasteiger partial charge in [0.15, 0.2) is 0 Å². The lowest BCUT2D eigenvalue weighted by Gasteiger charge is -2.12. The van der Waals surface area contributed by atoms with Crippen LogP contribution in [-0.2, 0) is 0 Å². The van der Waals surface area contributed by atoms with Crippen molar-refractivity contribution in [1.29, 1.82) is 0 Å². The van der Waals surface area contributed by atoms with E-state index in [4.69, 9.17) is 4.74 Å². The number of aromatic nitrogens is 3. The maximum atomic E-state index is 5.24. The van der Waals surface area contributed by atoms with E-state index in [1.54, 1.807) is 18.0 Å². The van der Waals surface area contributed by atoms with Crippen molar-refractivity contribution in [3.8, 4) is 6.01 Å². The van der Waals surface area contributed by atoms with Crippen LogP contribution in [0.4, 0.5) is 11.9 Å². The van der Waals surface area contributed by atoms with Crippen molar-refractivity contribution in [1.82, 2.24) is 15.0 Å². The van der Waals surface area contributed by atoms with Crippen LogP contribution in [0.25, 0.3) is 0 Å². The number of hydrogen-bond acceptors (Lipinski definition) is 6. The Morgan fingerprint density at radius 1 is 1.40 bits per heavy atom. The second kappa shape index (κ2) is 5.14. The molecule has 1 rings (SSSR count). The molecule has 0 unspecified atom stereocenters. The standard InChI is InChI=1S/C9H15N5O/c1-5-6-15-9-12-7(10-2)11-8(13-9)14(3)4/h5H,1,6H2,2-4H3,(H,10,11,12,13). The SMILES string of the molecule is C=CCOc1nc(NC)nc(N(C)C)n1. The molecule has 0 aliphatic heterocycles. The second-order valence-electron chi connectivity index (χ2n) is 2.99. The highest BCUT2D eigenvalue weighted by molar-refractivity contribution is 5.36. The van der Waals surface area contributed by atoms with E-state index in [0.29, 0.717) is 18.5 Å². The van der Waals surface area contributed by atoms with Crippen LogP contribution in [0.5, 0.6) is 6.01 Å². The molecule has 0 bridgehead atoms. The second-order valence-corrected chi connectivity index (χ2v) is 2.99. The molecule has 1 heterocycles. The van der Waals surface area contributed by atoms with Crippen LogP contribution < -0.4 is 15.0 Å². The predicted molar refractivity (Wildman–Crippen MR) is 59.4 cm³/mol. The lowest BCUT2D eigenvalue weighted by Crippen LogP contribution is -2.15. The molecular formula is C9H15N5O. The summed E-state index contributed by atoms with van der Waals surface area (Å²) in [6.45, 7) is 3.93. The maximum Gasteiger partial charge on any atom is 0.323 e. The zero-order chi connectivity index (χ0) is 11.3. The fourth-order valence-electron chi connectivity index (χ4n) is 0.856. The molecule has 1 N–H and O–H groups in total. The Morgan fingerprint density at radius 3 is 2.67 bits per heavy atom. The molecule has 15 heavy (non-hydrogen) atoms. The van der Waals surface area contributed by atoms with Gasteiger partial charge in [0.25, 0.3) is 0 Å². The van der Waals surface area contributed by atoms with Crippen LogP contribution in [-0.4, -0.2) is 42.7 Å². The van der Waals surface area contributed by atoms with Crippen LogP contribution in [0, 0.1) is 0 Å². The summed E-state index contributed by atoms with van der Waals surface area (Å²) in [4.78, 5) is 14.1. The predicted octanol–water partition coefficient (Wildman–Crippen LogP) is 0.544. The Morgan fingerprint density at radius 2 is 2.13 bits per heavy atom. The molecule has 0 saturated heterocycles. The van der Waals surface area contributed by atoms with E-state index in [9.17, 15) is 0 Å². The van der Waals surface area contributed by atoms with Crippen LogP contribution in [0.15, 0.2) is 12.7 Å². The quantitative estimate of drug-likeness (QED) is 0.714. The van der Waals surface area contributed by atoms with Gasteiger partial charge >= 0.3 is 6.01 Å². The van der Waals surface area contributed by atoms with Gasteiger partial charge in [0, 0.05) is 21.1 Å². The summed E-state index contributed by atoms with van der Waals surface area (Å²) in [7, 11) is 5.45. The number of rotatable bonds is 5. The zero-order valence-electron chi connectivity index (χ0n) is 9.19. The molecule has 0 aromatic carbocycles. The molecule has 0 radical (unpaired) electrons. The van der Waals surface area contributed by atoms with Gasteiger partial charge in [-0.15, -0.1) is 0 Å². The van der Waals surface area contributed by atoms with Gasteiger partial charge in [-0.3, -0.25) is 0 Å². The minimum absolute atomic E-state index is 0.290. The van der Waals surface area contributed by atoms with Gasteiger partial charge in [-0.25, -0.2) is 0 Å². The van der Waals surface area contributed by atoms with E-state index in [-0.39, 0.29) is 6.01 Å². The Bertz CT molecular complexity index is 339. The van der Waals surface area contributed by atoms with Gasteiger partial charge < -0.3 is 15.0 Å². The smallest absolute Gasteiger partial charge is 0.323 e. The highest BCUT2D eigenvalue weighted by Crippen LogP contribution is 2.12. The molecule has 0 saturated carbocycles. The van der Waals surface area contributed by atoms with Gasteiger partial charge in [0.05, 0.1) is 0 Å².